The van der Waals surface area contributed by atoms with Crippen LogP contribution in [0, 0.1) is 0 Å². The fourth-order valence-corrected chi connectivity index (χ4v) is 3.34. The zero-order chi connectivity index (χ0) is 16.2. The molecule has 1 aliphatic rings. The molecule has 1 fully saturated rings. The zero-order valence-corrected chi connectivity index (χ0v) is 13.5. The number of sulfonamides is 1. The van der Waals surface area contributed by atoms with Crippen molar-refractivity contribution in [3.05, 3.63) is 35.9 Å². The summed E-state index contributed by atoms with van der Waals surface area (Å²) in [5.41, 5.74) is 1.20. The van der Waals surface area contributed by atoms with Crippen LogP contribution in [-0.2, 0) is 21.2 Å². The van der Waals surface area contributed by atoms with Crippen LogP contribution in [0.3, 0.4) is 0 Å². The van der Waals surface area contributed by atoms with E-state index in [1.54, 1.807) is 4.90 Å². The summed E-state index contributed by atoms with van der Waals surface area (Å²) in [6.07, 6.45) is 1.83. The minimum Gasteiger partial charge on any atom is -0.390 e. The summed E-state index contributed by atoms with van der Waals surface area (Å²) < 4.78 is 24.2. The molecule has 2 rings (SSSR count). The summed E-state index contributed by atoms with van der Waals surface area (Å²) in [6, 6.07) is 9.97. The lowest BCUT2D eigenvalue weighted by Gasteiger charge is -2.21. The Morgan fingerprint density at radius 2 is 1.91 bits per heavy atom. The number of amides is 1. The Kier molecular flexibility index (Phi) is 5.55. The van der Waals surface area contributed by atoms with E-state index in [0.717, 1.165) is 23.4 Å². The Labute approximate surface area is 131 Å². The number of benzene rings is 1. The number of carbonyl (C=O) groups excluding carboxylic acids is 1. The van der Waals surface area contributed by atoms with Crippen molar-refractivity contribution >= 4 is 15.9 Å². The fourth-order valence-electron chi connectivity index (χ4n) is 2.55. The van der Waals surface area contributed by atoms with Gasteiger partial charge in [0, 0.05) is 19.6 Å². The maximum atomic E-state index is 12.2. The van der Waals surface area contributed by atoms with E-state index in [9.17, 15) is 18.3 Å². The van der Waals surface area contributed by atoms with Crippen molar-refractivity contribution in [2.75, 3.05) is 32.4 Å². The Hall–Kier alpha value is -1.44. The first-order valence-electron chi connectivity index (χ1n) is 7.31. The molecule has 1 N–H and O–H groups in total. The molecule has 6 nitrogen and oxygen atoms in total. The molecule has 1 aromatic rings. The molecule has 0 spiro atoms. The van der Waals surface area contributed by atoms with Gasteiger partial charge in [0.2, 0.25) is 15.9 Å². The topological polar surface area (TPSA) is 77.9 Å². The minimum atomic E-state index is -3.48. The third-order valence-corrected chi connectivity index (χ3v) is 4.93. The van der Waals surface area contributed by atoms with Crippen LogP contribution in [0.4, 0.5) is 0 Å². The van der Waals surface area contributed by atoms with E-state index in [0.29, 0.717) is 6.54 Å². The normalized spacial score (nSPS) is 20.9. The number of hydrogen-bond acceptors (Lipinski definition) is 4. The van der Waals surface area contributed by atoms with E-state index in [2.05, 4.69) is 0 Å². The molecule has 7 heteroatoms. The molecule has 1 amide bonds. The van der Waals surface area contributed by atoms with Gasteiger partial charge in [0.15, 0.2) is 0 Å². The molecule has 1 aliphatic heterocycles. The zero-order valence-electron chi connectivity index (χ0n) is 12.7. The maximum absolute atomic E-state index is 12.2. The number of aryl methyl sites for hydroxylation is 1. The lowest BCUT2D eigenvalue weighted by atomic mass is 10.1. The van der Waals surface area contributed by atoms with Crippen molar-refractivity contribution in [3.63, 3.8) is 0 Å². The molecule has 22 heavy (non-hydrogen) atoms. The van der Waals surface area contributed by atoms with Crippen LogP contribution in [0.15, 0.2) is 30.3 Å². The van der Waals surface area contributed by atoms with Crippen LogP contribution in [0.25, 0.3) is 0 Å². The van der Waals surface area contributed by atoms with Gasteiger partial charge in [-0.05, 0) is 18.4 Å². The van der Waals surface area contributed by atoms with Gasteiger partial charge in [-0.25, -0.2) is 8.42 Å². The molecular formula is C15H22N2O4S. The minimum absolute atomic E-state index is 0.0280. The van der Waals surface area contributed by atoms with Gasteiger partial charge in [-0.3, -0.25) is 4.79 Å². The third-order valence-electron chi connectivity index (χ3n) is 3.72. The van der Waals surface area contributed by atoms with Crippen LogP contribution >= 0.6 is 0 Å². The Bertz CT molecular complexity index is 603. The summed E-state index contributed by atoms with van der Waals surface area (Å²) in [6.45, 7) is 0.475. The van der Waals surface area contributed by atoms with Gasteiger partial charge in [0.1, 0.15) is 0 Å². The lowest BCUT2D eigenvalue weighted by molar-refractivity contribution is -0.131. The number of hydrogen-bond donors (Lipinski definition) is 1. The third kappa shape index (κ3) is 4.79. The van der Waals surface area contributed by atoms with Gasteiger partial charge in [-0.15, -0.1) is 0 Å². The predicted molar refractivity (Wildman–Crippen MR) is 83.8 cm³/mol. The van der Waals surface area contributed by atoms with E-state index in [-0.39, 0.29) is 25.5 Å². The average molecular weight is 326 g/mol. The van der Waals surface area contributed by atoms with Gasteiger partial charge >= 0.3 is 0 Å². The number of nitrogens with zero attached hydrogens (tertiary/aromatic N) is 2. The standard InChI is InChI=1S/C15H22N2O4S/c1-22(20,21)17-11-14(18)10-16(15(19)12-17)9-5-8-13-6-3-2-4-7-13/h2-4,6-7,14,18H,5,8-12H2,1H3. The van der Waals surface area contributed by atoms with E-state index in [1.807, 2.05) is 30.3 Å². The van der Waals surface area contributed by atoms with E-state index in [4.69, 9.17) is 0 Å². The summed E-state index contributed by atoms with van der Waals surface area (Å²) in [5.74, 6) is -0.255. The molecule has 1 saturated heterocycles. The summed E-state index contributed by atoms with van der Waals surface area (Å²) in [7, 11) is -3.48. The Balaban J connectivity index is 1.92. The Morgan fingerprint density at radius 1 is 1.23 bits per heavy atom. The quantitative estimate of drug-likeness (QED) is 0.831. The maximum Gasteiger partial charge on any atom is 0.237 e. The van der Waals surface area contributed by atoms with Crippen molar-refractivity contribution in [2.45, 2.75) is 18.9 Å². The summed E-state index contributed by atoms with van der Waals surface area (Å²) >= 11 is 0. The molecule has 1 unspecified atom stereocenters. The first-order chi connectivity index (χ1) is 10.4. The smallest absolute Gasteiger partial charge is 0.237 e. The van der Waals surface area contributed by atoms with E-state index in [1.165, 1.54) is 5.56 Å². The van der Waals surface area contributed by atoms with Crippen molar-refractivity contribution in [3.8, 4) is 0 Å². The first kappa shape index (κ1) is 16.9. The molecule has 0 aromatic heterocycles. The molecule has 1 heterocycles. The fraction of sp³-hybridized carbons (Fsp3) is 0.533. The predicted octanol–water partition coefficient (Wildman–Crippen LogP) is 0.0839. The molecule has 122 valence electrons. The van der Waals surface area contributed by atoms with Gasteiger partial charge in [0.25, 0.3) is 0 Å². The van der Waals surface area contributed by atoms with E-state index >= 15 is 0 Å². The van der Waals surface area contributed by atoms with Crippen LogP contribution < -0.4 is 0 Å². The van der Waals surface area contributed by atoms with Gasteiger partial charge in [-0.2, -0.15) is 4.31 Å². The van der Waals surface area contributed by atoms with Crippen LogP contribution in [0.5, 0.6) is 0 Å². The van der Waals surface area contributed by atoms with Crippen molar-refractivity contribution in [1.29, 1.82) is 0 Å². The number of aliphatic hydroxyl groups is 1. The van der Waals surface area contributed by atoms with Crippen LogP contribution in [0.2, 0.25) is 0 Å². The van der Waals surface area contributed by atoms with Gasteiger partial charge in [-0.1, -0.05) is 30.3 Å². The second-order valence-electron chi connectivity index (χ2n) is 5.64. The highest BCUT2D eigenvalue weighted by Crippen LogP contribution is 2.10. The van der Waals surface area contributed by atoms with Gasteiger partial charge < -0.3 is 10.0 Å². The van der Waals surface area contributed by atoms with Crippen molar-refractivity contribution in [1.82, 2.24) is 9.21 Å². The number of rotatable bonds is 5. The summed E-state index contributed by atoms with van der Waals surface area (Å²) in [4.78, 5) is 13.7. The highest BCUT2D eigenvalue weighted by Gasteiger charge is 2.30. The number of aliphatic hydroxyl groups excluding tert-OH is 1. The number of β-amino-alcohol motifs (C(OH)–C–C–N with tert-alkyl or cyclic N) is 1. The first-order valence-corrected chi connectivity index (χ1v) is 9.16. The largest absolute Gasteiger partial charge is 0.390 e. The SMILES string of the molecule is CS(=O)(=O)N1CC(=O)N(CCCc2ccccc2)CC(O)C1. The summed E-state index contributed by atoms with van der Waals surface area (Å²) in [5, 5.41) is 9.93. The van der Waals surface area contributed by atoms with Crippen LogP contribution in [-0.4, -0.2) is 67.2 Å². The van der Waals surface area contributed by atoms with Crippen molar-refractivity contribution < 1.29 is 18.3 Å². The molecule has 1 atom stereocenters. The lowest BCUT2D eigenvalue weighted by Crippen LogP contribution is -2.39. The van der Waals surface area contributed by atoms with Crippen LogP contribution in [0.1, 0.15) is 12.0 Å². The molecule has 0 bridgehead atoms. The molecular weight excluding hydrogens is 304 g/mol. The molecule has 0 aliphatic carbocycles. The van der Waals surface area contributed by atoms with Gasteiger partial charge in [0.05, 0.1) is 18.9 Å². The second kappa shape index (κ2) is 7.21. The second-order valence-corrected chi connectivity index (χ2v) is 7.62. The molecule has 0 radical (unpaired) electrons. The van der Waals surface area contributed by atoms with Crippen molar-refractivity contribution in [2.24, 2.45) is 0 Å². The molecule has 0 saturated carbocycles. The molecule has 1 aromatic carbocycles. The highest BCUT2D eigenvalue weighted by atomic mass is 32.2. The van der Waals surface area contributed by atoms with E-state index < -0.39 is 16.1 Å². The monoisotopic (exact) mass is 326 g/mol. The average Bonchev–Trinajstić information content (AvgIpc) is 2.59. The number of carbonyl (C=O) groups is 1. The Morgan fingerprint density at radius 3 is 2.55 bits per heavy atom. The highest BCUT2D eigenvalue weighted by molar-refractivity contribution is 7.88.